The highest BCUT2D eigenvalue weighted by Gasteiger charge is 2.14. The van der Waals surface area contributed by atoms with Crippen molar-refractivity contribution in [2.24, 2.45) is 4.99 Å². The van der Waals surface area contributed by atoms with Gasteiger partial charge < -0.3 is 20.1 Å². The second-order valence-electron chi connectivity index (χ2n) is 5.32. The first-order valence-corrected chi connectivity index (χ1v) is 7.70. The van der Waals surface area contributed by atoms with Gasteiger partial charge in [-0.25, -0.2) is 0 Å². The summed E-state index contributed by atoms with van der Waals surface area (Å²) in [5, 5.41) is 6.77. The molecule has 0 aromatic heterocycles. The molecule has 0 unspecified atom stereocenters. The monoisotopic (exact) mass is 409 g/mol. The molecule has 1 aliphatic heterocycles. The van der Waals surface area contributed by atoms with Crippen LogP contribution in [-0.2, 0) is 9.47 Å². The van der Waals surface area contributed by atoms with Crippen molar-refractivity contribution < 1.29 is 9.47 Å². The summed E-state index contributed by atoms with van der Waals surface area (Å²) in [6.45, 7) is 3.38. The van der Waals surface area contributed by atoms with E-state index in [9.17, 15) is 0 Å². The van der Waals surface area contributed by atoms with E-state index in [2.05, 4.69) is 27.8 Å². The smallest absolute Gasteiger partial charge is 0.191 e. The maximum atomic E-state index is 5.84. The molecule has 21 heavy (non-hydrogen) atoms. The Morgan fingerprint density at radius 3 is 2.67 bits per heavy atom. The van der Waals surface area contributed by atoms with Crippen molar-refractivity contribution in [3.8, 4) is 0 Å². The Hall–Kier alpha value is -0.340. The highest BCUT2D eigenvalue weighted by Crippen LogP contribution is 2.10. The predicted octanol–water partition coefficient (Wildman–Crippen LogP) is 2.07. The molecule has 0 bridgehead atoms. The third-order valence-electron chi connectivity index (χ3n) is 3.71. The number of halogens is 1. The van der Waals surface area contributed by atoms with Gasteiger partial charge in [0.05, 0.1) is 6.10 Å². The Bertz CT molecular complexity index is 323. The number of nitrogens with zero attached hydrogens (tertiary/aromatic N) is 1. The molecule has 0 aromatic carbocycles. The topological polar surface area (TPSA) is 54.9 Å². The molecule has 1 saturated heterocycles. The summed E-state index contributed by atoms with van der Waals surface area (Å²) in [5.74, 6) is 0.893. The maximum absolute atomic E-state index is 5.84. The predicted molar refractivity (Wildman–Crippen MR) is 96.5 cm³/mol. The average molecular weight is 409 g/mol. The van der Waals surface area contributed by atoms with Crippen LogP contribution in [0.1, 0.15) is 32.1 Å². The fourth-order valence-electron chi connectivity index (χ4n) is 2.49. The Kier molecular flexibility index (Phi) is 10.0. The first-order chi connectivity index (χ1) is 9.88. The molecule has 1 fully saturated rings. The largest absolute Gasteiger partial charge is 0.381 e. The summed E-state index contributed by atoms with van der Waals surface area (Å²) in [4.78, 5) is 4.25. The Balaban J connectivity index is 0.00000220. The molecular weight excluding hydrogens is 381 g/mol. The minimum absolute atomic E-state index is 0. The minimum Gasteiger partial charge on any atom is -0.381 e. The normalized spacial score (nSPS) is 20.3. The van der Waals surface area contributed by atoms with E-state index in [4.69, 9.17) is 9.47 Å². The lowest BCUT2D eigenvalue weighted by molar-refractivity contribution is -0.0320. The summed E-state index contributed by atoms with van der Waals surface area (Å²) in [7, 11) is 1.82. The quantitative estimate of drug-likeness (QED) is 0.232. The zero-order chi connectivity index (χ0) is 14.0. The summed E-state index contributed by atoms with van der Waals surface area (Å²) in [6.07, 6.45) is 10.1. The van der Waals surface area contributed by atoms with Crippen LogP contribution in [0.15, 0.2) is 17.1 Å². The standard InChI is InChI=1S/C15H27N3O2.HI/c1-16-15(18-13-5-2-3-6-13)17-9-4-10-20-14-7-11-19-12-8-14;/h2-3,13-14H,4-12H2,1H3,(H2,16,17,18);1H. The van der Waals surface area contributed by atoms with Crippen molar-refractivity contribution in [2.45, 2.75) is 44.2 Å². The number of hydrogen-bond donors (Lipinski definition) is 2. The van der Waals surface area contributed by atoms with E-state index in [0.717, 1.165) is 64.4 Å². The van der Waals surface area contributed by atoms with Gasteiger partial charge in [-0.1, -0.05) is 12.2 Å². The number of guanidine groups is 1. The van der Waals surface area contributed by atoms with Crippen molar-refractivity contribution >= 4 is 29.9 Å². The fraction of sp³-hybridized carbons (Fsp3) is 0.800. The van der Waals surface area contributed by atoms with Crippen LogP contribution in [0.3, 0.4) is 0 Å². The third-order valence-corrected chi connectivity index (χ3v) is 3.71. The molecule has 0 spiro atoms. The number of rotatable bonds is 6. The SMILES string of the molecule is CN=C(NCCCOC1CCOCC1)NC1CC=CC1.I. The molecule has 0 atom stereocenters. The van der Waals surface area contributed by atoms with Gasteiger partial charge in [0, 0.05) is 39.5 Å². The first kappa shape index (κ1) is 18.7. The van der Waals surface area contributed by atoms with Crippen molar-refractivity contribution in [1.82, 2.24) is 10.6 Å². The van der Waals surface area contributed by atoms with Gasteiger partial charge in [-0.15, -0.1) is 24.0 Å². The highest BCUT2D eigenvalue weighted by atomic mass is 127. The zero-order valence-corrected chi connectivity index (χ0v) is 15.2. The third kappa shape index (κ3) is 7.46. The van der Waals surface area contributed by atoms with E-state index in [-0.39, 0.29) is 24.0 Å². The molecule has 2 aliphatic rings. The van der Waals surface area contributed by atoms with Crippen LogP contribution in [0.5, 0.6) is 0 Å². The van der Waals surface area contributed by atoms with Gasteiger partial charge in [-0.05, 0) is 32.1 Å². The molecule has 1 aliphatic carbocycles. The molecule has 5 nitrogen and oxygen atoms in total. The van der Waals surface area contributed by atoms with E-state index in [0.29, 0.717) is 12.1 Å². The van der Waals surface area contributed by atoms with Gasteiger partial charge in [0.15, 0.2) is 5.96 Å². The van der Waals surface area contributed by atoms with E-state index < -0.39 is 0 Å². The van der Waals surface area contributed by atoms with E-state index >= 15 is 0 Å². The lowest BCUT2D eigenvalue weighted by Gasteiger charge is -2.22. The molecule has 2 rings (SSSR count). The lowest BCUT2D eigenvalue weighted by Crippen LogP contribution is -2.43. The van der Waals surface area contributed by atoms with Crippen molar-refractivity contribution in [2.75, 3.05) is 33.4 Å². The molecule has 0 aromatic rings. The van der Waals surface area contributed by atoms with Crippen LogP contribution in [0, 0.1) is 0 Å². The molecule has 0 amide bonds. The van der Waals surface area contributed by atoms with Gasteiger partial charge in [0.1, 0.15) is 0 Å². The second kappa shape index (κ2) is 11.3. The van der Waals surface area contributed by atoms with E-state index in [1.165, 1.54) is 0 Å². The molecule has 2 N–H and O–H groups in total. The highest BCUT2D eigenvalue weighted by molar-refractivity contribution is 14.0. The lowest BCUT2D eigenvalue weighted by atomic mass is 10.1. The first-order valence-electron chi connectivity index (χ1n) is 7.70. The minimum atomic E-state index is 0. The number of ether oxygens (including phenoxy) is 2. The summed E-state index contributed by atoms with van der Waals surface area (Å²) >= 11 is 0. The maximum Gasteiger partial charge on any atom is 0.191 e. The fourth-order valence-corrected chi connectivity index (χ4v) is 2.49. The van der Waals surface area contributed by atoms with Gasteiger partial charge in [0.25, 0.3) is 0 Å². The molecule has 0 radical (unpaired) electrons. The van der Waals surface area contributed by atoms with Gasteiger partial charge in [-0.3, -0.25) is 4.99 Å². The molecule has 1 heterocycles. The van der Waals surface area contributed by atoms with Crippen LogP contribution in [-0.4, -0.2) is 51.5 Å². The van der Waals surface area contributed by atoms with E-state index in [1.54, 1.807) is 0 Å². The summed E-state index contributed by atoms with van der Waals surface area (Å²) < 4.78 is 11.2. The molecular formula is C15H28IN3O2. The zero-order valence-electron chi connectivity index (χ0n) is 12.8. The Labute approximate surface area is 145 Å². The Morgan fingerprint density at radius 2 is 2.00 bits per heavy atom. The van der Waals surface area contributed by atoms with Crippen molar-refractivity contribution in [1.29, 1.82) is 0 Å². The summed E-state index contributed by atoms with van der Waals surface area (Å²) in [6, 6.07) is 0.500. The van der Waals surface area contributed by atoms with Crippen LogP contribution in [0.4, 0.5) is 0 Å². The van der Waals surface area contributed by atoms with Crippen LogP contribution in [0.2, 0.25) is 0 Å². The molecule has 122 valence electrons. The summed E-state index contributed by atoms with van der Waals surface area (Å²) in [5.41, 5.74) is 0. The van der Waals surface area contributed by atoms with E-state index in [1.807, 2.05) is 7.05 Å². The van der Waals surface area contributed by atoms with Gasteiger partial charge in [-0.2, -0.15) is 0 Å². The number of nitrogens with one attached hydrogen (secondary N) is 2. The van der Waals surface area contributed by atoms with Crippen LogP contribution in [0.25, 0.3) is 0 Å². The second-order valence-corrected chi connectivity index (χ2v) is 5.32. The Morgan fingerprint density at radius 1 is 1.29 bits per heavy atom. The van der Waals surface area contributed by atoms with Gasteiger partial charge in [0.2, 0.25) is 0 Å². The van der Waals surface area contributed by atoms with Crippen molar-refractivity contribution in [3.05, 3.63) is 12.2 Å². The number of hydrogen-bond acceptors (Lipinski definition) is 3. The van der Waals surface area contributed by atoms with Crippen LogP contribution < -0.4 is 10.6 Å². The molecule has 0 saturated carbocycles. The van der Waals surface area contributed by atoms with Crippen molar-refractivity contribution in [3.63, 3.8) is 0 Å². The average Bonchev–Trinajstić information content (AvgIpc) is 3.00. The molecule has 6 heteroatoms. The van der Waals surface area contributed by atoms with Crippen LogP contribution >= 0.6 is 24.0 Å². The number of aliphatic imine (C=N–C) groups is 1. The van der Waals surface area contributed by atoms with Gasteiger partial charge >= 0.3 is 0 Å².